The molecule has 0 radical (unpaired) electrons. The molecule has 5 nitrogen and oxygen atoms in total. The van der Waals surface area contributed by atoms with Crippen molar-refractivity contribution in [2.45, 2.75) is 33.3 Å². The van der Waals surface area contributed by atoms with Crippen LogP contribution in [0.4, 0.5) is 0 Å². The number of esters is 1. The van der Waals surface area contributed by atoms with E-state index in [9.17, 15) is 14.7 Å². The lowest BCUT2D eigenvalue weighted by Crippen LogP contribution is -2.28. The van der Waals surface area contributed by atoms with Crippen molar-refractivity contribution in [2.24, 2.45) is 5.41 Å². The van der Waals surface area contributed by atoms with Crippen molar-refractivity contribution in [3.05, 3.63) is 29.8 Å². The Morgan fingerprint density at radius 3 is 2.21 bits per heavy atom. The van der Waals surface area contributed by atoms with E-state index in [1.807, 2.05) is 6.92 Å². The zero-order valence-corrected chi connectivity index (χ0v) is 11.2. The van der Waals surface area contributed by atoms with E-state index in [1.54, 1.807) is 13.8 Å². The Morgan fingerprint density at radius 1 is 1.26 bits per heavy atom. The first-order valence-electron chi connectivity index (χ1n) is 6.01. The first-order valence-corrected chi connectivity index (χ1v) is 6.01. The molecule has 0 heterocycles. The molecule has 104 valence electrons. The van der Waals surface area contributed by atoms with Gasteiger partial charge in [-0.3, -0.25) is 4.79 Å². The van der Waals surface area contributed by atoms with Crippen LogP contribution in [0.15, 0.2) is 24.3 Å². The molecule has 0 bridgehead atoms. The van der Waals surface area contributed by atoms with E-state index < -0.39 is 17.5 Å². The maximum atomic E-state index is 11.8. The number of hydrogen-bond acceptors (Lipinski definition) is 4. The van der Waals surface area contributed by atoms with Crippen molar-refractivity contribution in [3.8, 4) is 5.75 Å². The van der Waals surface area contributed by atoms with Crippen LogP contribution < -0.4 is 4.74 Å². The Bertz CT molecular complexity index is 461. The molecule has 0 aromatic heterocycles. The largest absolute Gasteiger partial charge is 0.479 e. The second-order valence-electron chi connectivity index (χ2n) is 4.94. The van der Waals surface area contributed by atoms with E-state index in [4.69, 9.17) is 9.84 Å². The summed E-state index contributed by atoms with van der Waals surface area (Å²) in [4.78, 5) is 22.4. The van der Waals surface area contributed by atoms with Crippen molar-refractivity contribution in [1.82, 2.24) is 0 Å². The molecule has 0 aliphatic heterocycles. The predicted molar refractivity (Wildman–Crippen MR) is 68.7 cm³/mol. The number of carboxylic acid groups (broad SMARTS) is 1. The fourth-order valence-electron chi connectivity index (χ4n) is 1.25. The number of hydrogen-bond donors (Lipinski definition) is 2. The fraction of sp³-hybridized carbons (Fsp3) is 0.429. The quantitative estimate of drug-likeness (QED) is 0.630. The van der Waals surface area contributed by atoms with Crippen LogP contribution in [0.3, 0.4) is 0 Å². The number of carboxylic acids is 1. The van der Waals surface area contributed by atoms with Gasteiger partial charge in [-0.05, 0) is 38.0 Å². The molecule has 2 N–H and O–H groups in total. The highest BCUT2D eigenvalue weighted by atomic mass is 16.5. The summed E-state index contributed by atoms with van der Waals surface area (Å²) in [6, 6.07) is 5.76. The lowest BCUT2D eigenvalue weighted by molar-refractivity contribution is -0.147. The molecule has 0 fully saturated rings. The first kappa shape index (κ1) is 15.2. The van der Waals surface area contributed by atoms with Crippen molar-refractivity contribution in [1.29, 1.82) is 0 Å². The first-order chi connectivity index (χ1) is 8.77. The summed E-state index contributed by atoms with van der Waals surface area (Å²) in [5.41, 5.74) is -0.332. The molecule has 0 amide bonds. The average molecular weight is 266 g/mol. The van der Waals surface area contributed by atoms with Crippen molar-refractivity contribution in [3.63, 3.8) is 0 Å². The third-order valence-corrected chi connectivity index (χ3v) is 3.08. The number of benzene rings is 1. The molecule has 5 heteroatoms. The molecule has 1 aromatic carbocycles. The SMILES string of the molecule is CCC(C)(C)C(=O)Oc1ccc(C(O)C(=O)O)cc1. The molecule has 0 aliphatic carbocycles. The lowest BCUT2D eigenvalue weighted by atomic mass is 9.91. The number of aliphatic carboxylic acids is 1. The Labute approximate surface area is 111 Å². The molecular weight excluding hydrogens is 248 g/mol. The molecule has 0 aliphatic rings. The van der Waals surface area contributed by atoms with Gasteiger partial charge >= 0.3 is 11.9 Å². The third-order valence-electron chi connectivity index (χ3n) is 3.08. The lowest BCUT2D eigenvalue weighted by Gasteiger charge is -2.20. The molecule has 0 saturated carbocycles. The minimum absolute atomic E-state index is 0.238. The Balaban J connectivity index is 2.78. The van der Waals surface area contributed by atoms with Crippen LogP contribution in [0, 0.1) is 5.41 Å². The van der Waals surface area contributed by atoms with Gasteiger partial charge in [0.15, 0.2) is 6.10 Å². The van der Waals surface area contributed by atoms with Crippen molar-refractivity contribution >= 4 is 11.9 Å². The van der Waals surface area contributed by atoms with E-state index >= 15 is 0 Å². The molecule has 0 saturated heterocycles. The standard InChI is InChI=1S/C14H18O5/c1-4-14(2,3)13(18)19-10-7-5-9(6-8-10)11(15)12(16)17/h5-8,11,15H,4H2,1-3H3,(H,16,17). The van der Waals surface area contributed by atoms with Crippen LogP contribution >= 0.6 is 0 Å². The summed E-state index contributed by atoms with van der Waals surface area (Å²) < 4.78 is 5.20. The number of aliphatic hydroxyl groups excluding tert-OH is 1. The van der Waals surface area contributed by atoms with Crippen LogP contribution in [0.5, 0.6) is 5.75 Å². The van der Waals surface area contributed by atoms with Gasteiger partial charge in [0.2, 0.25) is 0 Å². The molecule has 0 spiro atoms. The Hall–Kier alpha value is -1.88. The summed E-state index contributed by atoms with van der Waals surface area (Å²) >= 11 is 0. The van der Waals surface area contributed by atoms with Crippen molar-refractivity contribution in [2.75, 3.05) is 0 Å². The summed E-state index contributed by atoms with van der Waals surface area (Å²) in [6.45, 7) is 5.48. The number of carbonyl (C=O) groups excluding carboxylic acids is 1. The van der Waals surface area contributed by atoms with E-state index in [1.165, 1.54) is 24.3 Å². The monoisotopic (exact) mass is 266 g/mol. The highest BCUT2D eigenvalue weighted by molar-refractivity contribution is 5.78. The summed E-state index contributed by atoms with van der Waals surface area (Å²) in [5, 5.41) is 18.0. The second-order valence-corrected chi connectivity index (χ2v) is 4.94. The number of ether oxygens (including phenoxy) is 1. The highest BCUT2D eigenvalue weighted by Gasteiger charge is 2.27. The van der Waals surface area contributed by atoms with Gasteiger partial charge in [0.25, 0.3) is 0 Å². The van der Waals surface area contributed by atoms with Gasteiger partial charge < -0.3 is 14.9 Å². The van der Waals surface area contributed by atoms with Crippen LogP contribution in [-0.2, 0) is 9.59 Å². The zero-order chi connectivity index (χ0) is 14.6. The molecule has 1 rings (SSSR count). The maximum absolute atomic E-state index is 11.8. The normalized spacial score (nSPS) is 12.8. The molecule has 19 heavy (non-hydrogen) atoms. The molecule has 1 unspecified atom stereocenters. The summed E-state index contributed by atoms with van der Waals surface area (Å²) in [6.07, 6.45) is -0.918. The molecular formula is C14H18O5. The van der Waals surface area contributed by atoms with Gasteiger partial charge in [-0.25, -0.2) is 4.79 Å². The van der Waals surface area contributed by atoms with E-state index in [0.717, 1.165) is 0 Å². The summed E-state index contributed by atoms with van der Waals surface area (Å²) in [5.74, 6) is -1.34. The molecule has 1 aromatic rings. The van der Waals surface area contributed by atoms with Crippen molar-refractivity contribution < 1.29 is 24.5 Å². The van der Waals surface area contributed by atoms with E-state index in [-0.39, 0.29) is 11.5 Å². The Kier molecular flexibility index (Phi) is 4.67. The van der Waals surface area contributed by atoms with Crippen LogP contribution in [0.2, 0.25) is 0 Å². The molecule has 1 atom stereocenters. The fourth-order valence-corrected chi connectivity index (χ4v) is 1.25. The number of aliphatic hydroxyl groups is 1. The zero-order valence-electron chi connectivity index (χ0n) is 11.2. The smallest absolute Gasteiger partial charge is 0.337 e. The number of carbonyl (C=O) groups is 2. The van der Waals surface area contributed by atoms with Gasteiger partial charge in [-0.1, -0.05) is 19.1 Å². The van der Waals surface area contributed by atoms with E-state index in [2.05, 4.69) is 0 Å². The third kappa shape index (κ3) is 3.79. The van der Waals surface area contributed by atoms with Crippen LogP contribution in [0.25, 0.3) is 0 Å². The minimum atomic E-state index is -1.57. The van der Waals surface area contributed by atoms with E-state index in [0.29, 0.717) is 12.2 Å². The van der Waals surface area contributed by atoms with Gasteiger partial charge in [0.05, 0.1) is 5.41 Å². The summed E-state index contributed by atoms with van der Waals surface area (Å²) in [7, 11) is 0. The maximum Gasteiger partial charge on any atom is 0.337 e. The predicted octanol–water partition coefficient (Wildman–Crippen LogP) is 2.15. The van der Waals surface area contributed by atoms with Gasteiger partial charge in [-0.15, -0.1) is 0 Å². The Morgan fingerprint density at radius 2 is 1.79 bits per heavy atom. The second kappa shape index (κ2) is 5.84. The van der Waals surface area contributed by atoms with Gasteiger partial charge in [-0.2, -0.15) is 0 Å². The average Bonchev–Trinajstić information content (AvgIpc) is 2.38. The minimum Gasteiger partial charge on any atom is -0.479 e. The topological polar surface area (TPSA) is 83.8 Å². The highest BCUT2D eigenvalue weighted by Crippen LogP contribution is 2.24. The number of rotatable bonds is 5. The van der Waals surface area contributed by atoms with Crippen LogP contribution in [-0.4, -0.2) is 22.2 Å². The van der Waals surface area contributed by atoms with Gasteiger partial charge in [0, 0.05) is 0 Å². The van der Waals surface area contributed by atoms with Gasteiger partial charge in [0.1, 0.15) is 5.75 Å². The van der Waals surface area contributed by atoms with Crippen LogP contribution in [0.1, 0.15) is 38.9 Å².